The van der Waals surface area contributed by atoms with Gasteiger partial charge in [-0.15, -0.1) is 0 Å². The van der Waals surface area contributed by atoms with Crippen LogP contribution in [-0.4, -0.2) is 55.3 Å². The molecule has 0 spiro atoms. The lowest BCUT2D eigenvalue weighted by atomic mass is 10.1. The normalized spacial score (nSPS) is 18.5. The van der Waals surface area contributed by atoms with E-state index in [0.29, 0.717) is 24.3 Å². The summed E-state index contributed by atoms with van der Waals surface area (Å²) in [6, 6.07) is 13.0. The molecule has 1 aromatic carbocycles. The number of para-hydroxylation sites is 1. The Labute approximate surface area is 154 Å². The molecular formula is C19H23N3O3S. The van der Waals surface area contributed by atoms with Crippen LogP contribution in [0, 0.1) is 0 Å². The van der Waals surface area contributed by atoms with E-state index in [-0.39, 0.29) is 23.5 Å². The maximum Gasteiger partial charge on any atom is 0.254 e. The highest BCUT2D eigenvalue weighted by Crippen LogP contribution is 2.24. The highest BCUT2D eigenvalue weighted by atomic mass is 32.2. The summed E-state index contributed by atoms with van der Waals surface area (Å²) >= 11 is 0. The highest BCUT2D eigenvalue weighted by molar-refractivity contribution is 7.91. The van der Waals surface area contributed by atoms with Gasteiger partial charge in [0.15, 0.2) is 9.84 Å². The first-order valence-electron chi connectivity index (χ1n) is 8.67. The monoisotopic (exact) mass is 373 g/mol. The van der Waals surface area contributed by atoms with Gasteiger partial charge in [0.05, 0.1) is 11.5 Å². The molecule has 1 unspecified atom stereocenters. The highest BCUT2D eigenvalue weighted by Gasteiger charge is 2.34. The number of amides is 1. The van der Waals surface area contributed by atoms with Gasteiger partial charge in [-0.25, -0.2) is 13.4 Å². The zero-order valence-corrected chi connectivity index (χ0v) is 15.8. The summed E-state index contributed by atoms with van der Waals surface area (Å²) in [5.41, 5.74) is 1.49. The molecule has 1 atom stereocenters. The Morgan fingerprint density at radius 2 is 1.96 bits per heavy atom. The van der Waals surface area contributed by atoms with Crippen molar-refractivity contribution in [1.82, 2.24) is 9.88 Å². The fourth-order valence-electron chi connectivity index (χ4n) is 3.27. The third kappa shape index (κ3) is 3.88. The summed E-state index contributed by atoms with van der Waals surface area (Å²) in [6.45, 7) is 2.35. The molecule has 2 aromatic rings. The third-order valence-corrected chi connectivity index (χ3v) is 6.48. The number of carbonyl (C=O) groups is 1. The van der Waals surface area contributed by atoms with E-state index >= 15 is 0 Å². The van der Waals surface area contributed by atoms with Gasteiger partial charge in [0.25, 0.3) is 5.91 Å². The third-order valence-electron chi connectivity index (χ3n) is 4.73. The van der Waals surface area contributed by atoms with Crippen LogP contribution < -0.4 is 4.90 Å². The first kappa shape index (κ1) is 18.4. The molecule has 0 radical (unpaired) electrons. The van der Waals surface area contributed by atoms with E-state index < -0.39 is 9.84 Å². The first-order valence-corrected chi connectivity index (χ1v) is 10.5. The molecule has 0 aliphatic carbocycles. The van der Waals surface area contributed by atoms with Gasteiger partial charge in [-0.1, -0.05) is 18.2 Å². The van der Waals surface area contributed by atoms with E-state index in [1.165, 1.54) is 0 Å². The van der Waals surface area contributed by atoms with Crippen LogP contribution in [-0.2, 0) is 9.84 Å². The Hall–Kier alpha value is -2.41. The van der Waals surface area contributed by atoms with Crippen LogP contribution >= 0.6 is 0 Å². The number of carbonyl (C=O) groups excluding carboxylic acids is 1. The minimum atomic E-state index is -3.04. The maximum atomic E-state index is 13.0. The number of benzene rings is 1. The van der Waals surface area contributed by atoms with Crippen molar-refractivity contribution in [2.24, 2.45) is 0 Å². The molecule has 1 aromatic heterocycles. The summed E-state index contributed by atoms with van der Waals surface area (Å²) in [6.07, 6.45) is 2.12. The topological polar surface area (TPSA) is 70.6 Å². The van der Waals surface area contributed by atoms with E-state index in [4.69, 9.17) is 0 Å². The largest absolute Gasteiger partial charge is 0.335 e. The number of pyridine rings is 1. The van der Waals surface area contributed by atoms with E-state index in [1.807, 2.05) is 49.2 Å². The molecule has 1 fully saturated rings. The van der Waals surface area contributed by atoms with Crippen molar-refractivity contribution < 1.29 is 13.2 Å². The molecule has 138 valence electrons. The number of rotatable bonds is 5. The van der Waals surface area contributed by atoms with Crippen molar-refractivity contribution in [2.75, 3.05) is 30.0 Å². The zero-order valence-electron chi connectivity index (χ0n) is 15.0. The number of sulfone groups is 1. The van der Waals surface area contributed by atoms with Gasteiger partial charge in [-0.05, 0) is 37.6 Å². The molecule has 6 nitrogen and oxygen atoms in total. The molecule has 7 heteroatoms. The second kappa shape index (κ2) is 7.45. The van der Waals surface area contributed by atoms with E-state index in [1.54, 1.807) is 23.2 Å². The van der Waals surface area contributed by atoms with Crippen LogP contribution in [0.1, 0.15) is 23.7 Å². The lowest BCUT2D eigenvalue weighted by Crippen LogP contribution is -2.41. The van der Waals surface area contributed by atoms with Crippen molar-refractivity contribution in [3.8, 4) is 0 Å². The Morgan fingerprint density at radius 1 is 1.23 bits per heavy atom. The zero-order chi connectivity index (χ0) is 18.7. The predicted molar refractivity (Wildman–Crippen MR) is 103 cm³/mol. The smallest absolute Gasteiger partial charge is 0.254 e. The molecule has 1 aliphatic heterocycles. The molecule has 0 N–H and O–H groups in total. The molecule has 3 rings (SSSR count). The summed E-state index contributed by atoms with van der Waals surface area (Å²) < 4.78 is 23.5. The summed E-state index contributed by atoms with van der Waals surface area (Å²) in [5, 5.41) is 0. The number of hydrogen-bond acceptors (Lipinski definition) is 5. The van der Waals surface area contributed by atoms with Gasteiger partial charge in [0.2, 0.25) is 0 Å². The quantitative estimate of drug-likeness (QED) is 0.805. The second-order valence-corrected chi connectivity index (χ2v) is 8.67. The van der Waals surface area contributed by atoms with Gasteiger partial charge in [0, 0.05) is 37.1 Å². The van der Waals surface area contributed by atoms with Crippen molar-refractivity contribution in [3.63, 3.8) is 0 Å². The fourth-order valence-corrected chi connectivity index (χ4v) is 5.00. The van der Waals surface area contributed by atoms with Crippen LogP contribution in [0.4, 0.5) is 11.5 Å². The van der Waals surface area contributed by atoms with Crippen LogP contribution in [0.3, 0.4) is 0 Å². The summed E-state index contributed by atoms with van der Waals surface area (Å²) in [7, 11) is -1.14. The Kier molecular flexibility index (Phi) is 5.27. The predicted octanol–water partition coefficient (Wildman–Crippen LogP) is 2.50. The molecule has 1 amide bonds. The molecule has 2 heterocycles. The van der Waals surface area contributed by atoms with E-state index in [0.717, 1.165) is 5.69 Å². The number of hydrogen-bond donors (Lipinski definition) is 0. The second-order valence-electron chi connectivity index (χ2n) is 6.45. The number of anilines is 2. The fraction of sp³-hybridized carbons (Fsp3) is 0.368. The average Bonchev–Trinajstić information content (AvgIpc) is 3.02. The van der Waals surface area contributed by atoms with E-state index in [2.05, 4.69) is 4.98 Å². The molecule has 0 saturated carbocycles. The van der Waals surface area contributed by atoms with Crippen molar-refractivity contribution in [2.45, 2.75) is 19.4 Å². The molecule has 1 saturated heterocycles. The Bertz CT molecular complexity index is 884. The molecular weight excluding hydrogens is 350 g/mol. The summed E-state index contributed by atoms with van der Waals surface area (Å²) in [4.78, 5) is 20.9. The standard InChI is InChI=1S/C19H23N3O3S/c1-3-22(17-10-12-26(24,25)14-17)19(23)15-9-11-20-18(13-15)21(2)16-7-5-4-6-8-16/h4-9,11,13,17H,3,10,12,14H2,1-2H3. The number of aromatic nitrogens is 1. The van der Waals surface area contributed by atoms with Crippen LogP contribution in [0.15, 0.2) is 48.7 Å². The van der Waals surface area contributed by atoms with Gasteiger partial charge in [-0.2, -0.15) is 0 Å². The van der Waals surface area contributed by atoms with Gasteiger partial charge in [-0.3, -0.25) is 4.79 Å². The van der Waals surface area contributed by atoms with Crippen LogP contribution in [0.25, 0.3) is 0 Å². The molecule has 0 bridgehead atoms. The van der Waals surface area contributed by atoms with Gasteiger partial charge < -0.3 is 9.80 Å². The van der Waals surface area contributed by atoms with Crippen LogP contribution in [0.2, 0.25) is 0 Å². The minimum absolute atomic E-state index is 0.0500. The molecule has 1 aliphatic rings. The SMILES string of the molecule is CCN(C(=O)c1ccnc(N(C)c2ccccc2)c1)C1CCS(=O)(=O)C1. The Balaban J connectivity index is 1.83. The number of nitrogens with zero attached hydrogens (tertiary/aromatic N) is 3. The van der Waals surface area contributed by atoms with Crippen molar-refractivity contribution in [3.05, 3.63) is 54.2 Å². The first-order chi connectivity index (χ1) is 12.4. The van der Waals surface area contributed by atoms with E-state index in [9.17, 15) is 13.2 Å². The minimum Gasteiger partial charge on any atom is -0.335 e. The van der Waals surface area contributed by atoms with Crippen molar-refractivity contribution >= 4 is 27.2 Å². The Morgan fingerprint density at radius 3 is 2.58 bits per heavy atom. The van der Waals surface area contributed by atoms with Gasteiger partial charge >= 0.3 is 0 Å². The van der Waals surface area contributed by atoms with Crippen molar-refractivity contribution in [1.29, 1.82) is 0 Å². The summed E-state index contributed by atoms with van der Waals surface area (Å²) in [5.74, 6) is 0.714. The molecule has 26 heavy (non-hydrogen) atoms. The van der Waals surface area contributed by atoms with Crippen LogP contribution in [0.5, 0.6) is 0 Å². The maximum absolute atomic E-state index is 13.0. The lowest BCUT2D eigenvalue weighted by molar-refractivity contribution is 0.0708. The lowest BCUT2D eigenvalue weighted by Gasteiger charge is -2.27. The van der Waals surface area contributed by atoms with Gasteiger partial charge in [0.1, 0.15) is 5.82 Å². The average molecular weight is 373 g/mol.